The maximum absolute atomic E-state index is 10.8. The topological polar surface area (TPSA) is 93.8 Å². The SMILES string of the molecule is CNC(=O)O/N=C(\C)c1cccc([N+](=O)[O-])c1. The van der Waals surface area contributed by atoms with Crippen LogP contribution in [-0.2, 0) is 4.84 Å². The Morgan fingerprint density at radius 2 is 2.24 bits per heavy atom. The summed E-state index contributed by atoms with van der Waals surface area (Å²) < 4.78 is 0. The summed E-state index contributed by atoms with van der Waals surface area (Å²) in [6.45, 7) is 1.59. The first kappa shape index (κ1) is 12.6. The Bertz CT molecular complexity index is 470. The quantitative estimate of drug-likeness (QED) is 0.374. The number of hydrogen-bond acceptors (Lipinski definition) is 5. The molecule has 0 atom stereocenters. The van der Waals surface area contributed by atoms with E-state index < -0.39 is 11.0 Å². The van der Waals surface area contributed by atoms with E-state index in [2.05, 4.69) is 15.3 Å². The highest BCUT2D eigenvalue weighted by molar-refractivity contribution is 5.99. The minimum Gasteiger partial charge on any atom is -0.323 e. The van der Waals surface area contributed by atoms with Crippen molar-refractivity contribution in [3.05, 3.63) is 39.9 Å². The maximum Gasteiger partial charge on any atom is 0.433 e. The first-order valence-electron chi connectivity index (χ1n) is 4.72. The smallest absolute Gasteiger partial charge is 0.323 e. The minimum atomic E-state index is -0.699. The second kappa shape index (κ2) is 5.59. The van der Waals surface area contributed by atoms with Gasteiger partial charge in [0.05, 0.1) is 10.6 Å². The lowest BCUT2D eigenvalue weighted by molar-refractivity contribution is -0.384. The lowest BCUT2D eigenvalue weighted by Crippen LogP contribution is -2.17. The van der Waals surface area contributed by atoms with Crippen molar-refractivity contribution in [2.75, 3.05) is 7.05 Å². The normalized spacial score (nSPS) is 10.8. The fourth-order valence-corrected chi connectivity index (χ4v) is 1.05. The van der Waals surface area contributed by atoms with Crippen molar-refractivity contribution in [2.45, 2.75) is 6.92 Å². The summed E-state index contributed by atoms with van der Waals surface area (Å²) in [5.41, 5.74) is 0.845. The van der Waals surface area contributed by atoms with Crippen LogP contribution in [0, 0.1) is 10.1 Å². The number of hydrogen-bond donors (Lipinski definition) is 1. The van der Waals surface area contributed by atoms with E-state index in [9.17, 15) is 14.9 Å². The van der Waals surface area contributed by atoms with E-state index in [4.69, 9.17) is 0 Å². The van der Waals surface area contributed by atoms with Gasteiger partial charge in [-0.25, -0.2) is 4.79 Å². The number of amides is 1. The number of rotatable bonds is 3. The summed E-state index contributed by atoms with van der Waals surface area (Å²) in [5, 5.41) is 16.3. The Hall–Kier alpha value is -2.44. The number of carbonyl (C=O) groups excluding carboxylic acids is 1. The summed E-state index contributed by atoms with van der Waals surface area (Å²) in [5.74, 6) is 0. The third-order valence-corrected chi connectivity index (χ3v) is 1.94. The summed E-state index contributed by atoms with van der Waals surface area (Å²) in [7, 11) is 1.40. The second-order valence-electron chi connectivity index (χ2n) is 3.11. The third kappa shape index (κ3) is 3.56. The Labute approximate surface area is 97.2 Å². The van der Waals surface area contributed by atoms with Gasteiger partial charge in [0.1, 0.15) is 0 Å². The Morgan fingerprint density at radius 3 is 2.82 bits per heavy atom. The fourth-order valence-electron chi connectivity index (χ4n) is 1.05. The largest absolute Gasteiger partial charge is 0.433 e. The van der Waals surface area contributed by atoms with Gasteiger partial charge in [0.2, 0.25) is 0 Å². The van der Waals surface area contributed by atoms with E-state index in [1.165, 1.54) is 25.2 Å². The molecule has 0 radical (unpaired) electrons. The number of non-ortho nitro benzene ring substituents is 1. The molecule has 1 rings (SSSR count). The number of carbonyl (C=O) groups is 1. The van der Waals surface area contributed by atoms with E-state index in [-0.39, 0.29) is 5.69 Å². The van der Waals surface area contributed by atoms with Gasteiger partial charge >= 0.3 is 6.09 Å². The van der Waals surface area contributed by atoms with Crippen molar-refractivity contribution in [3.8, 4) is 0 Å². The lowest BCUT2D eigenvalue weighted by atomic mass is 10.1. The van der Waals surface area contributed by atoms with Gasteiger partial charge in [-0.3, -0.25) is 15.0 Å². The van der Waals surface area contributed by atoms with Crippen LogP contribution in [0.1, 0.15) is 12.5 Å². The average Bonchev–Trinajstić information content (AvgIpc) is 2.35. The zero-order chi connectivity index (χ0) is 12.8. The van der Waals surface area contributed by atoms with E-state index >= 15 is 0 Å². The molecule has 0 saturated heterocycles. The predicted octanol–water partition coefficient (Wildman–Crippen LogP) is 1.67. The predicted molar refractivity (Wildman–Crippen MR) is 60.8 cm³/mol. The van der Waals surface area contributed by atoms with Gasteiger partial charge in [-0.2, -0.15) is 0 Å². The fraction of sp³-hybridized carbons (Fsp3) is 0.200. The van der Waals surface area contributed by atoms with Crippen molar-refractivity contribution in [1.82, 2.24) is 5.32 Å². The molecule has 0 heterocycles. The maximum atomic E-state index is 10.8. The molecule has 0 aliphatic rings. The van der Waals surface area contributed by atoms with Crippen molar-refractivity contribution in [1.29, 1.82) is 0 Å². The first-order valence-corrected chi connectivity index (χ1v) is 4.72. The molecule has 0 saturated carbocycles. The van der Waals surface area contributed by atoms with Crippen molar-refractivity contribution >= 4 is 17.5 Å². The molecule has 1 N–H and O–H groups in total. The molecule has 7 heteroatoms. The summed E-state index contributed by atoms with van der Waals surface area (Å²) >= 11 is 0. The second-order valence-corrected chi connectivity index (χ2v) is 3.11. The van der Waals surface area contributed by atoms with E-state index in [1.807, 2.05) is 0 Å². The van der Waals surface area contributed by atoms with Gasteiger partial charge in [0, 0.05) is 24.7 Å². The highest BCUT2D eigenvalue weighted by atomic mass is 16.7. The monoisotopic (exact) mass is 237 g/mol. The van der Waals surface area contributed by atoms with Gasteiger partial charge in [-0.05, 0) is 6.92 Å². The van der Waals surface area contributed by atoms with E-state index in [1.54, 1.807) is 13.0 Å². The molecule has 0 fully saturated rings. The third-order valence-electron chi connectivity index (χ3n) is 1.94. The van der Waals surface area contributed by atoms with Crippen LogP contribution in [0.4, 0.5) is 10.5 Å². The molecule has 1 amide bonds. The van der Waals surface area contributed by atoms with Crippen LogP contribution in [0.3, 0.4) is 0 Å². The number of nitro benzene ring substituents is 1. The zero-order valence-corrected chi connectivity index (χ0v) is 9.34. The van der Waals surface area contributed by atoms with Crippen LogP contribution in [-0.4, -0.2) is 23.8 Å². The number of nitrogens with zero attached hydrogens (tertiary/aromatic N) is 2. The number of nitrogens with one attached hydrogen (secondary N) is 1. The molecule has 0 aliphatic carbocycles. The van der Waals surface area contributed by atoms with Crippen LogP contribution in [0.2, 0.25) is 0 Å². The molecule has 1 aromatic rings. The number of nitro groups is 1. The van der Waals surface area contributed by atoms with Crippen LogP contribution in [0.15, 0.2) is 29.4 Å². The van der Waals surface area contributed by atoms with Gasteiger partial charge in [-0.15, -0.1) is 0 Å². The molecule has 17 heavy (non-hydrogen) atoms. The highest BCUT2D eigenvalue weighted by Crippen LogP contribution is 2.13. The standard InChI is InChI=1S/C10H11N3O4/c1-7(12-17-10(14)11-2)8-4-3-5-9(6-8)13(15)16/h3-6H,1-2H3,(H,11,14)/b12-7+. The molecular formula is C10H11N3O4. The summed E-state index contributed by atoms with van der Waals surface area (Å²) in [6, 6.07) is 5.90. The van der Waals surface area contributed by atoms with Crippen LogP contribution >= 0.6 is 0 Å². The molecule has 0 aromatic heterocycles. The van der Waals surface area contributed by atoms with Gasteiger partial charge in [0.15, 0.2) is 0 Å². The Morgan fingerprint density at radius 1 is 1.53 bits per heavy atom. The lowest BCUT2D eigenvalue weighted by Gasteiger charge is -2.00. The van der Waals surface area contributed by atoms with Crippen molar-refractivity contribution in [2.24, 2.45) is 5.16 Å². The molecule has 0 aliphatic heterocycles. The van der Waals surface area contributed by atoms with Crippen LogP contribution in [0.25, 0.3) is 0 Å². The van der Waals surface area contributed by atoms with Gasteiger partial charge in [0.25, 0.3) is 5.69 Å². The molecule has 1 aromatic carbocycles. The van der Waals surface area contributed by atoms with Crippen molar-refractivity contribution in [3.63, 3.8) is 0 Å². The molecule has 90 valence electrons. The van der Waals surface area contributed by atoms with E-state index in [0.717, 1.165) is 0 Å². The summed E-state index contributed by atoms with van der Waals surface area (Å²) in [6.07, 6.45) is -0.699. The Balaban J connectivity index is 2.88. The average molecular weight is 237 g/mol. The minimum absolute atomic E-state index is 0.0445. The Kier molecular flexibility index (Phi) is 4.15. The molecule has 7 nitrogen and oxygen atoms in total. The number of benzene rings is 1. The van der Waals surface area contributed by atoms with Gasteiger partial charge < -0.3 is 5.32 Å². The zero-order valence-electron chi connectivity index (χ0n) is 9.34. The van der Waals surface area contributed by atoms with Crippen molar-refractivity contribution < 1.29 is 14.6 Å². The highest BCUT2D eigenvalue weighted by Gasteiger charge is 2.08. The van der Waals surface area contributed by atoms with Crippen LogP contribution in [0.5, 0.6) is 0 Å². The summed E-state index contributed by atoms with van der Waals surface area (Å²) in [4.78, 5) is 25.3. The first-order chi connectivity index (χ1) is 8.04. The number of oxime groups is 1. The molecular weight excluding hydrogens is 226 g/mol. The molecule has 0 spiro atoms. The molecule has 0 unspecified atom stereocenters. The van der Waals surface area contributed by atoms with E-state index in [0.29, 0.717) is 11.3 Å². The van der Waals surface area contributed by atoms with Gasteiger partial charge in [-0.1, -0.05) is 17.3 Å². The molecule has 0 bridgehead atoms. The van der Waals surface area contributed by atoms with Crippen LogP contribution < -0.4 is 5.32 Å².